The van der Waals surface area contributed by atoms with Crippen LogP contribution in [0.1, 0.15) is 20.8 Å². The van der Waals surface area contributed by atoms with Gasteiger partial charge < -0.3 is 0 Å². The Labute approximate surface area is 91.2 Å². The minimum Gasteiger partial charge on any atom is -0.296 e. The molecule has 0 fully saturated rings. The van der Waals surface area contributed by atoms with Crippen LogP contribution >= 0.6 is 8.46 Å². The standard InChI is InChI=1S/C7H15O6PS/c1-4-11-7(14-8,12-5-2)15(9,10)13-6-3/h4-6H2,1-3H3/p+1. The second-order valence-electron chi connectivity index (χ2n) is 2.38. The molecule has 1 atom stereocenters. The van der Waals surface area contributed by atoms with E-state index in [4.69, 9.17) is 9.47 Å². The highest BCUT2D eigenvalue weighted by atomic mass is 32.2. The average molecular weight is 259 g/mol. The van der Waals surface area contributed by atoms with Crippen molar-refractivity contribution in [3.63, 3.8) is 0 Å². The second-order valence-corrected chi connectivity index (χ2v) is 5.29. The first kappa shape index (κ1) is 14.9. The van der Waals surface area contributed by atoms with Crippen molar-refractivity contribution >= 4 is 18.6 Å². The number of ether oxygens (including phenoxy) is 2. The van der Waals surface area contributed by atoms with Crippen LogP contribution in [0.5, 0.6) is 0 Å². The first-order valence-electron chi connectivity index (χ1n) is 4.55. The lowest BCUT2D eigenvalue weighted by Crippen LogP contribution is -2.40. The maximum absolute atomic E-state index is 11.6. The smallest absolute Gasteiger partial charge is 0.296 e. The number of rotatable bonds is 8. The molecule has 0 aromatic rings. The first-order valence-corrected chi connectivity index (χ1v) is 6.87. The molecular formula is C7H16O6PS+. The monoisotopic (exact) mass is 259 g/mol. The Balaban J connectivity index is 5.13. The van der Waals surface area contributed by atoms with Crippen LogP contribution in [0, 0.1) is 0 Å². The third-order valence-corrected chi connectivity index (χ3v) is 4.37. The molecule has 0 aromatic carbocycles. The summed E-state index contributed by atoms with van der Waals surface area (Å²) < 4.78 is 48.5. The zero-order valence-electron chi connectivity index (χ0n) is 8.98. The molecule has 1 unspecified atom stereocenters. The van der Waals surface area contributed by atoms with E-state index < -0.39 is 23.4 Å². The van der Waals surface area contributed by atoms with Gasteiger partial charge in [0.1, 0.15) is 0 Å². The topological polar surface area (TPSA) is 78.9 Å². The van der Waals surface area contributed by atoms with Crippen molar-refractivity contribution in [2.75, 3.05) is 19.8 Å². The lowest BCUT2D eigenvalue weighted by atomic mass is 10.8. The quantitative estimate of drug-likeness (QED) is 0.368. The lowest BCUT2D eigenvalue weighted by molar-refractivity contribution is -0.117. The molecule has 0 aliphatic rings. The molecule has 0 spiro atoms. The van der Waals surface area contributed by atoms with Crippen molar-refractivity contribution in [2.24, 2.45) is 0 Å². The van der Waals surface area contributed by atoms with Gasteiger partial charge in [-0.1, -0.05) is 4.57 Å². The summed E-state index contributed by atoms with van der Waals surface area (Å²) in [6, 6.07) is 0. The van der Waals surface area contributed by atoms with Crippen molar-refractivity contribution in [3.05, 3.63) is 0 Å². The fraction of sp³-hybridized carbons (Fsp3) is 1.00. The van der Waals surface area contributed by atoms with Crippen LogP contribution in [0.25, 0.3) is 0 Å². The SMILES string of the molecule is CCOC(OCC)([PH+]=O)S(=O)(=O)OCC. The van der Waals surface area contributed by atoms with E-state index in [1.165, 1.54) is 6.92 Å². The maximum atomic E-state index is 11.6. The van der Waals surface area contributed by atoms with Gasteiger partial charge in [0, 0.05) is 0 Å². The van der Waals surface area contributed by atoms with Crippen LogP contribution in [0.2, 0.25) is 0 Å². The minimum atomic E-state index is -4.15. The van der Waals surface area contributed by atoms with Gasteiger partial charge in [0.15, 0.2) is 0 Å². The summed E-state index contributed by atoms with van der Waals surface area (Å²) in [4.78, 5) is -2.19. The van der Waals surface area contributed by atoms with Crippen LogP contribution in [0.4, 0.5) is 0 Å². The average Bonchev–Trinajstić information content (AvgIpc) is 2.17. The van der Waals surface area contributed by atoms with Gasteiger partial charge in [0.05, 0.1) is 19.8 Å². The molecule has 0 heterocycles. The second kappa shape index (κ2) is 6.50. The van der Waals surface area contributed by atoms with Crippen LogP contribution in [-0.4, -0.2) is 33.1 Å². The van der Waals surface area contributed by atoms with E-state index in [0.29, 0.717) is 0 Å². The Morgan fingerprint density at radius 2 is 1.53 bits per heavy atom. The summed E-state index contributed by atoms with van der Waals surface area (Å²) in [7, 11) is -5.47. The molecule has 0 bridgehead atoms. The normalized spacial score (nSPS) is 13.3. The zero-order chi connectivity index (χ0) is 11.9. The van der Waals surface area contributed by atoms with Crippen molar-refractivity contribution < 1.29 is 26.6 Å². The van der Waals surface area contributed by atoms with Gasteiger partial charge in [-0.15, -0.1) is 0 Å². The van der Waals surface area contributed by atoms with E-state index in [1.807, 2.05) is 0 Å². The summed E-state index contributed by atoms with van der Waals surface area (Å²) in [5, 5.41) is 0. The molecule has 0 amide bonds. The van der Waals surface area contributed by atoms with Gasteiger partial charge >= 0.3 is 23.4 Å². The third kappa shape index (κ3) is 3.46. The lowest BCUT2D eigenvalue weighted by Gasteiger charge is -2.18. The van der Waals surface area contributed by atoms with Crippen molar-refractivity contribution in [3.8, 4) is 0 Å². The summed E-state index contributed by atoms with van der Waals surface area (Å²) in [5.74, 6) is 0. The van der Waals surface area contributed by atoms with Gasteiger partial charge in [-0.25, -0.2) is 0 Å². The van der Waals surface area contributed by atoms with Gasteiger partial charge in [-0.3, -0.25) is 13.7 Å². The predicted molar refractivity (Wildman–Crippen MR) is 55.5 cm³/mol. The van der Waals surface area contributed by atoms with Gasteiger partial charge in [-0.2, -0.15) is 8.42 Å². The van der Waals surface area contributed by atoms with Crippen LogP contribution < -0.4 is 0 Å². The fourth-order valence-corrected chi connectivity index (χ4v) is 2.89. The van der Waals surface area contributed by atoms with E-state index in [2.05, 4.69) is 4.18 Å². The van der Waals surface area contributed by atoms with Crippen molar-refractivity contribution in [1.82, 2.24) is 0 Å². The number of hydrogen-bond acceptors (Lipinski definition) is 6. The zero-order valence-corrected chi connectivity index (χ0v) is 10.8. The van der Waals surface area contributed by atoms with Crippen LogP contribution in [0.3, 0.4) is 0 Å². The third-order valence-electron chi connectivity index (χ3n) is 1.40. The Hall–Kier alpha value is -0.0700. The molecular weight excluding hydrogens is 243 g/mol. The highest BCUT2D eigenvalue weighted by Gasteiger charge is 2.57. The molecule has 0 N–H and O–H groups in total. The predicted octanol–water partition coefficient (Wildman–Crippen LogP) is 1.06. The fourth-order valence-electron chi connectivity index (χ4n) is 0.909. The van der Waals surface area contributed by atoms with Crippen molar-refractivity contribution in [2.45, 2.75) is 25.6 Å². The molecule has 15 heavy (non-hydrogen) atoms. The van der Waals surface area contributed by atoms with Crippen LogP contribution in [-0.2, 0) is 28.3 Å². The summed E-state index contributed by atoms with van der Waals surface area (Å²) in [5.41, 5.74) is 0. The summed E-state index contributed by atoms with van der Waals surface area (Å²) >= 11 is 0. The molecule has 0 aliphatic carbocycles. The highest BCUT2D eigenvalue weighted by Crippen LogP contribution is 2.34. The van der Waals surface area contributed by atoms with Crippen LogP contribution in [0.15, 0.2) is 0 Å². The Bertz CT molecular complexity index is 282. The Morgan fingerprint density at radius 3 is 1.80 bits per heavy atom. The number of hydrogen-bond donors (Lipinski definition) is 0. The van der Waals surface area contributed by atoms with Gasteiger partial charge in [0.25, 0.3) is 0 Å². The molecule has 6 nitrogen and oxygen atoms in total. The van der Waals surface area contributed by atoms with E-state index in [1.54, 1.807) is 13.8 Å². The van der Waals surface area contributed by atoms with E-state index in [-0.39, 0.29) is 19.8 Å². The molecule has 0 saturated heterocycles. The van der Waals surface area contributed by atoms with Crippen molar-refractivity contribution in [1.29, 1.82) is 0 Å². The van der Waals surface area contributed by atoms with E-state index >= 15 is 0 Å². The van der Waals surface area contributed by atoms with E-state index in [0.717, 1.165) is 0 Å². The summed E-state index contributed by atoms with van der Waals surface area (Å²) in [6.07, 6.45) is 0. The Kier molecular flexibility index (Phi) is 6.47. The summed E-state index contributed by atoms with van der Waals surface area (Å²) in [6.45, 7) is 4.72. The molecule has 0 saturated carbocycles. The molecule has 90 valence electrons. The first-order chi connectivity index (χ1) is 6.99. The van der Waals surface area contributed by atoms with Gasteiger partial charge in [-0.05, 0) is 20.8 Å². The maximum Gasteiger partial charge on any atom is 0.501 e. The van der Waals surface area contributed by atoms with E-state index in [9.17, 15) is 13.0 Å². The minimum absolute atomic E-state index is 0.0571. The molecule has 0 radical (unpaired) electrons. The molecule has 0 rings (SSSR count). The van der Waals surface area contributed by atoms with Gasteiger partial charge in [0.2, 0.25) is 0 Å². The molecule has 8 heteroatoms. The molecule has 0 aromatic heterocycles. The molecule has 0 aliphatic heterocycles. The Morgan fingerprint density at radius 1 is 1.07 bits per heavy atom. The largest absolute Gasteiger partial charge is 0.501 e. The highest BCUT2D eigenvalue weighted by molar-refractivity contribution is 7.92.